The Hall–Kier alpha value is -2.43. The molecule has 3 aromatic rings. The normalized spacial score (nSPS) is 19.5. The molecule has 2 aromatic carbocycles. The monoisotopic (exact) mass is 394 g/mol. The summed E-state index contributed by atoms with van der Waals surface area (Å²) in [6.07, 6.45) is 3.77. The molecule has 1 aliphatic rings. The molecule has 2 atom stereocenters. The molecule has 1 saturated carbocycles. The highest BCUT2D eigenvalue weighted by Gasteiger charge is 2.25. The van der Waals surface area contributed by atoms with Gasteiger partial charge < -0.3 is 10.4 Å². The van der Waals surface area contributed by atoms with E-state index in [1.54, 1.807) is 0 Å². The molecule has 0 bridgehead atoms. The summed E-state index contributed by atoms with van der Waals surface area (Å²) in [7, 11) is 0. The smallest absolute Gasteiger partial charge is 0.270 e. The van der Waals surface area contributed by atoms with Crippen molar-refractivity contribution in [3.8, 4) is 0 Å². The number of nitrogens with zero attached hydrogens (tertiary/aromatic N) is 1. The van der Waals surface area contributed by atoms with Crippen LogP contribution in [0.3, 0.4) is 0 Å². The van der Waals surface area contributed by atoms with Gasteiger partial charge in [0.15, 0.2) is 0 Å². The van der Waals surface area contributed by atoms with Gasteiger partial charge in [0.1, 0.15) is 5.69 Å². The lowest BCUT2D eigenvalue weighted by molar-refractivity contribution is 0.0714. The van der Waals surface area contributed by atoms with Crippen LogP contribution in [0.25, 0.3) is 10.9 Å². The molecule has 1 aliphatic carbocycles. The zero-order chi connectivity index (χ0) is 19.5. The van der Waals surface area contributed by atoms with Crippen molar-refractivity contribution >= 4 is 28.4 Å². The Morgan fingerprint density at radius 1 is 1.11 bits per heavy atom. The average Bonchev–Trinajstić information content (AvgIpc) is 2.71. The van der Waals surface area contributed by atoms with Gasteiger partial charge in [-0.2, -0.15) is 0 Å². The summed E-state index contributed by atoms with van der Waals surface area (Å²) in [5, 5.41) is 14.9. The number of aromatic nitrogens is 1. The largest absolute Gasteiger partial charge is 0.391 e. The van der Waals surface area contributed by atoms with Gasteiger partial charge in [-0.05, 0) is 54.7 Å². The first kappa shape index (κ1) is 18.9. The van der Waals surface area contributed by atoms with Crippen LogP contribution >= 0.6 is 11.6 Å². The Balaban J connectivity index is 1.65. The Bertz CT molecular complexity index is 988. The van der Waals surface area contributed by atoms with Crippen LogP contribution in [0.2, 0.25) is 5.02 Å². The van der Waals surface area contributed by atoms with Crippen LogP contribution in [0.15, 0.2) is 54.6 Å². The zero-order valence-electron chi connectivity index (χ0n) is 15.6. The van der Waals surface area contributed by atoms with Crippen molar-refractivity contribution in [3.63, 3.8) is 0 Å². The molecule has 0 saturated heterocycles. The van der Waals surface area contributed by atoms with Crippen LogP contribution in [0.5, 0.6) is 0 Å². The fraction of sp³-hybridized carbons (Fsp3) is 0.304. The Kier molecular flexibility index (Phi) is 5.60. The van der Waals surface area contributed by atoms with Crippen LogP contribution in [-0.2, 0) is 6.42 Å². The third-order valence-electron chi connectivity index (χ3n) is 5.39. The molecule has 4 rings (SSSR count). The molecule has 2 N–H and O–H groups in total. The number of benzene rings is 2. The van der Waals surface area contributed by atoms with E-state index in [-0.39, 0.29) is 11.9 Å². The first-order valence-corrected chi connectivity index (χ1v) is 10.1. The number of nitrogens with one attached hydrogen (secondary N) is 1. The van der Waals surface area contributed by atoms with E-state index in [4.69, 9.17) is 11.6 Å². The van der Waals surface area contributed by atoms with Crippen LogP contribution < -0.4 is 5.32 Å². The van der Waals surface area contributed by atoms with Crippen LogP contribution in [0, 0.1) is 0 Å². The molecule has 0 aliphatic heterocycles. The van der Waals surface area contributed by atoms with Gasteiger partial charge in [-0.15, -0.1) is 0 Å². The predicted octanol–water partition coefficient (Wildman–Crippen LogP) is 4.51. The number of amides is 1. The number of hydrogen-bond donors (Lipinski definition) is 2. The molecule has 0 radical (unpaired) electrons. The predicted molar refractivity (Wildman–Crippen MR) is 112 cm³/mol. The minimum Gasteiger partial charge on any atom is -0.391 e. The van der Waals surface area contributed by atoms with Crippen molar-refractivity contribution in [3.05, 3.63) is 76.4 Å². The van der Waals surface area contributed by atoms with Gasteiger partial charge >= 0.3 is 0 Å². The number of halogens is 1. The summed E-state index contributed by atoms with van der Waals surface area (Å²) in [5.74, 6) is -0.228. The number of carbonyl (C=O) groups is 1. The molecule has 1 aromatic heterocycles. The number of rotatable bonds is 4. The van der Waals surface area contributed by atoms with E-state index in [0.29, 0.717) is 17.1 Å². The molecule has 144 valence electrons. The lowest BCUT2D eigenvalue weighted by atomic mass is 9.92. The number of carbonyl (C=O) groups excluding carboxylic acids is 1. The van der Waals surface area contributed by atoms with Crippen molar-refractivity contribution in [2.45, 2.75) is 44.2 Å². The van der Waals surface area contributed by atoms with Crippen molar-refractivity contribution in [2.24, 2.45) is 0 Å². The summed E-state index contributed by atoms with van der Waals surface area (Å²) >= 11 is 6.00. The second-order valence-corrected chi connectivity index (χ2v) is 7.86. The third kappa shape index (κ3) is 4.18. The van der Waals surface area contributed by atoms with Crippen LogP contribution in [0.4, 0.5) is 0 Å². The van der Waals surface area contributed by atoms with Crippen molar-refractivity contribution in [1.29, 1.82) is 0 Å². The van der Waals surface area contributed by atoms with Gasteiger partial charge in [-0.1, -0.05) is 54.8 Å². The van der Waals surface area contributed by atoms with Gasteiger partial charge in [0.05, 0.1) is 17.7 Å². The topological polar surface area (TPSA) is 62.2 Å². The maximum atomic E-state index is 12.8. The van der Waals surface area contributed by atoms with Gasteiger partial charge in [0, 0.05) is 10.4 Å². The lowest BCUT2D eigenvalue weighted by Gasteiger charge is -2.28. The fourth-order valence-corrected chi connectivity index (χ4v) is 3.98. The number of aliphatic hydroxyl groups excluding tert-OH is 1. The van der Waals surface area contributed by atoms with Gasteiger partial charge in [0.25, 0.3) is 5.91 Å². The second-order valence-electron chi connectivity index (χ2n) is 7.42. The molecule has 1 heterocycles. The fourth-order valence-electron chi connectivity index (χ4n) is 3.85. The Morgan fingerprint density at radius 2 is 1.86 bits per heavy atom. The summed E-state index contributed by atoms with van der Waals surface area (Å²) in [5.41, 5.74) is 3.35. The minimum absolute atomic E-state index is 0.200. The highest BCUT2D eigenvalue weighted by Crippen LogP contribution is 2.23. The summed E-state index contributed by atoms with van der Waals surface area (Å²) < 4.78 is 0. The first-order valence-electron chi connectivity index (χ1n) is 9.72. The minimum atomic E-state index is -0.480. The number of hydrogen-bond acceptors (Lipinski definition) is 3. The lowest BCUT2D eigenvalue weighted by Crippen LogP contribution is -2.45. The first-order chi connectivity index (χ1) is 13.6. The second kappa shape index (κ2) is 8.29. The third-order valence-corrected chi connectivity index (χ3v) is 5.64. The standard InChI is InChI=1S/C23H23ClN2O2/c24-17-11-9-15(10-12-17)13-16-14-21(25-19-6-2-1-5-18(16)19)23(28)26-20-7-3-4-8-22(20)27/h1-2,5-6,9-12,14,20,22,27H,3-4,7-8,13H2,(H,26,28). The number of aliphatic hydroxyl groups is 1. The molecule has 1 fully saturated rings. The molecule has 5 heteroatoms. The molecule has 1 amide bonds. The molecular weight excluding hydrogens is 372 g/mol. The van der Waals surface area contributed by atoms with E-state index in [2.05, 4.69) is 10.3 Å². The Morgan fingerprint density at radius 3 is 2.64 bits per heavy atom. The van der Waals surface area contributed by atoms with Crippen LogP contribution in [-0.4, -0.2) is 28.1 Å². The quantitative estimate of drug-likeness (QED) is 0.684. The van der Waals surface area contributed by atoms with E-state index in [9.17, 15) is 9.90 Å². The summed E-state index contributed by atoms with van der Waals surface area (Å²) in [4.78, 5) is 17.4. The van der Waals surface area contributed by atoms with E-state index in [1.165, 1.54) is 0 Å². The number of fused-ring (bicyclic) bond motifs is 1. The maximum Gasteiger partial charge on any atom is 0.270 e. The van der Waals surface area contributed by atoms with Crippen LogP contribution in [0.1, 0.15) is 47.3 Å². The molecule has 4 nitrogen and oxygen atoms in total. The Labute approximate surface area is 169 Å². The van der Waals surface area contributed by atoms with Gasteiger partial charge in [0.2, 0.25) is 0 Å². The van der Waals surface area contributed by atoms with Gasteiger partial charge in [-0.25, -0.2) is 4.98 Å². The molecule has 28 heavy (non-hydrogen) atoms. The van der Waals surface area contributed by atoms with E-state index in [0.717, 1.165) is 47.7 Å². The number of pyridine rings is 1. The van der Waals surface area contributed by atoms with Gasteiger partial charge in [-0.3, -0.25) is 4.79 Å². The van der Waals surface area contributed by atoms with E-state index < -0.39 is 6.10 Å². The zero-order valence-corrected chi connectivity index (χ0v) is 16.3. The highest BCUT2D eigenvalue weighted by molar-refractivity contribution is 6.30. The SMILES string of the molecule is O=C(NC1CCCCC1O)c1cc(Cc2ccc(Cl)cc2)c2ccccc2n1. The maximum absolute atomic E-state index is 12.8. The summed E-state index contributed by atoms with van der Waals surface area (Å²) in [6, 6.07) is 17.3. The van der Waals surface area contributed by atoms with Crippen molar-refractivity contribution in [2.75, 3.05) is 0 Å². The summed E-state index contributed by atoms with van der Waals surface area (Å²) in [6.45, 7) is 0. The van der Waals surface area contributed by atoms with Crippen molar-refractivity contribution < 1.29 is 9.90 Å². The van der Waals surface area contributed by atoms with E-state index >= 15 is 0 Å². The molecular formula is C23H23ClN2O2. The number of para-hydroxylation sites is 1. The molecule has 2 unspecified atom stereocenters. The average molecular weight is 395 g/mol. The van der Waals surface area contributed by atoms with E-state index in [1.807, 2.05) is 54.6 Å². The molecule has 0 spiro atoms. The van der Waals surface area contributed by atoms with Crippen molar-refractivity contribution in [1.82, 2.24) is 10.3 Å². The highest BCUT2D eigenvalue weighted by atomic mass is 35.5.